The number of unbranched alkanes of at least 4 members (excludes halogenated alkanes) is 1. The topological polar surface area (TPSA) is 55.1 Å². The normalized spacial score (nSPS) is 12.1. The highest BCUT2D eigenvalue weighted by Crippen LogP contribution is 2.28. The van der Waals surface area contributed by atoms with Gasteiger partial charge >= 0.3 is 0 Å². The number of benzene rings is 1. The van der Waals surface area contributed by atoms with Crippen LogP contribution in [0.3, 0.4) is 0 Å². The first-order valence-corrected chi connectivity index (χ1v) is 6.82. The van der Waals surface area contributed by atoms with Gasteiger partial charge in [0.05, 0.1) is 5.25 Å². The summed E-state index contributed by atoms with van der Waals surface area (Å²) in [5.74, 6) is 0.0757. The van der Waals surface area contributed by atoms with E-state index in [2.05, 4.69) is 12.2 Å². The lowest BCUT2D eigenvalue weighted by atomic mass is 10.3. The minimum atomic E-state index is -0.114. The average Bonchev–Trinajstić information content (AvgIpc) is 2.32. The number of rotatable bonds is 6. The summed E-state index contributed by atoms with van der Waals surface area (Å²) in [6.45, 7) is 4.76. The molecule has 0 aromatic heterocycles. The van der Waals surface area contributed by atoms with Crippen LogP contribution in [0.2, 0.25) is 0 Å². The SMILES string of the molecule is CCCCNC(=O)C(C)Sc1ccccc1N. The third-order valence-electron chi connectivity index (χ3n) is 2.42. The smallest absolute Gasteiger partial charge is 0.233 e. The molecular weight excluding hydrogens is 232 g/mol. The minimum Gasteiger partial charge on any atom is -0.398 e. The van der Waals surface area contributed by atoms with Crippen LogP contribution in [0.5, 0.6) is 0 Å². The second-order valence-corrected chi connectivity index (χ2v) is 5.33. The molecule has 3 N–H and O–H groups in total. The van der Waals surface area contributed by atoms with E-state index in [0.29, 0.717) is 0 Å². The zero-order valence-corrected chi connectivity index (χ0v) is 11.2. The van der Waals surface area contributed by atoms with Crippen LogP contribution in [-0.4, -0.2) is 17.7 Å². The Hall–Kier alpha value is -1.16. The van der Waals surface area contributed by atoms with Gasteiger partial charge in [-0.1, -0.05) is 25.5 Å². The molecule has 0 radical (unpaired) electrons. The van der Waals surface area contributed by atoms with E-state index < -0.39 is 0 Å². The van der Waals surface area contributed by atoms with Crippen LogP contribution in [0, 0.1) is 0 Å². The molecular formula is C13H20N2OS. The Morgan fingerprint density at radius 1 is 1.47 bits per heavy atom. The van der Waals surface area contributed by atoms with Gasteiger partial charge in [0.2, 0.25) is 5.91 Å². The van der Waals surface area contributed by atoms with E-state index in [1.807, 2.05) is 31.2 Å². The van der Waals surface area contributed by atoms with Crippen LogP contribution in [0.1, 0.15) is 26.7 Å². The van der Waals surface area contributed by atoms with Crippen LogP contribution in [0.25, 0.3) is 0 Å². The fourth-order valence-electron chi connectivity index (χ4n) is 1.36. The van der Waals surface area contributed by atoms with Crippen molar-refractivity contribution in [2.45, 2.75) is 36.8 Å². The molecule has 0 aliphatic carbocycles. The van der Waals surface area contributed by atoms with Crippen LogP contribution in [0.4, 0.5) is 5.69 Å². The number of nitrogens with two attached hydrogens (primary N) is 1. The van der Waals surface area contributed by atoms with Crippen molar-refractivity contribution in [3.63, 3.8) is 0 Å². The number of hydrogen-bond acceptors (Lipinski definition) is 3. The summed E-state index contributed by atoms with van der Waals surface area (Å²) >= 11 is 1.50. The van der Waals surface area contributed by atoms with Crippen molar-refractivity contribution in [3.05, 3.63) is 24.3 Å². The van der Waals surface area contributed by atoms with Crippen molar-refractivity contribution in [2.75, 3.05) is 12.3 Å². The molecule has 0 spiro atoms. The van der Waals surface area contributed by atoms with E-state index in [-0.39, 0.29) is 11.2 Å². The maximum atomic E-state index is 11.8. The minimum absolute atomic E-state index is 0.0757. The Balaban J connectivity index is 2.46. The quantitative estimate of drug-likeness (QED) is 0.465. The summed E-state index contributed by atoms with van der Waals surface area (Å²) in [6, 6.07) is 7.62. The molecule has 1 atom stereocenters. The van der Waals surface area contributed by atoms with Gasteiger partial charge in [-0.3, -0.25) is 4.79 Å². The molecule has 17 heavy (non-hydrogen) atoms. The molecule has 1 unspecified atom stereocenters. The first-order chi connectivity index (χ1) is 8.15. The van der Waals surface area contributed by atoms with E-state index >= 15 is 0 Å². The maximum Gasteiger partial charge on any atom is 0.233 e. The predicted octanol–water partition coefficient (Wildman–Crippen LogP) is 2.67. The molecule has 0 saturated carbocycles. The molecule has 0 aliphatic heterocycles. The van der Waals surface area contributed by atoms with Crippen molar-refractivity contribution in [1.82, 2.24) is 5.32 Å². The van der Waals surface area contributed by atoms with Gasteiger partial charge in [0.1, 0.15) is 0 Å². The predicted molar refractivity (Wildman–Crippen MR) is 74.1 cm³/mol. The van der Waals surface area contributed by atoms with Gasteiger partial charge in [0.25, 0.3) is 0 Å². The maximum absolute atomic E-state index is 11.8. The Morgan fingerprint density at radius 3 is 2.82 bits per heavy atom. The molecule has 1 rings (SSSR count). The Morgan fingerprint density at radius 2 is 2.18 bits per heavy atom. The monoisotopic (exact) mass is 252 g/mol. The van der Waals surface area contributed by atoms with E-state index in [1.54, 1.807) is 0 Å². The fraction of sp³-hybridized carbons (Fsp3) is 0.462. The summed E-state index contributed by atoms with van der Waals surface area (Å²) in [7, 11) is 0. The molecule has 0 heterocycles. The summed E-state index contributed by atoms with van der Waals surface area (Å²) in [5, 5.41) is 2.81. The number of nitrogens with one attached hydrogen (secondary N) is 1. The molecule has 0 saturated heterocycles. The number of amides is 1. The number of carbonyl (C=O) groups is 1. The molecule has 0 bridgehead atoms. The summed E-state index contributed by atoms with van der Waals surface area (Å²) in [6.07, 6.45) is 2.12. The van der Waals surface area contributed by atoms with Crippen LogP contribution < -0.4 is 11.1 Å². The molecule has 1 aromatic rings. The van der Waals surface area contributed by atoms with Gasteiger partial charge in [0, 0.05) is 17.1 Å². The molecule has 3 nitrogen and oxygen atoms in total. The number of anilines is 1. The molecule has 94 valence electrons. The van der Waals surface area contributed by atoms with Gasteiger partial charge in [-0.05, 0) is 25.5 Å². The van der Waals surface area contributed by atoms with Gasteiger partial charge in [0.15, 0.2) is 0 Å². The van der Waals surface area contributed by atoms with Crippen molar-refractivity contribution in [1.29, 1.82) is 0 Å². The highest BCUT2D eigenvalue weighted by Gasteiger charge is 2.14. The molecule has 0 fully saturated rings. The second kappa shape index (κ2) is 7.22. The van der Waals surface area contributed by atoms with E-state index in [1.165, 1.54) is 11.8 Å². The lowest BCUT2D eigenvalue weighted by molar-refractivity contribution is -0.120. The fourth-order valence-corrected chi connectivity index (χ4v) is 2.30. The average molecular weight is 252 g/mol. The lowest BCUT2D eigenvalue weighted by Gasteiger charge is -2.12. The number of para-hydroxylation sites is 1. The van der Waals surface area contributed by atoms with E-state index in [9.17, 15) is 4.79 Å². The summed E-state index contributed by atoms with van der Waals surface area (Å²) < 4.78 is 0. The Bertz CT molecular complexity index is 368. The van der Waals surface area contributed by atoms with Gasteiger partial charge < -0.3 is 11.1 Å². The second-order valence-electron chi connectivity index (χ2n) is 3.94. The number of carbonyl (C=O) groups excluding carboxylic acids is 1. The molecule has 4 heteroatoms. The molecule has 0 aliphatic rings. The largest absolute Gasteiger partial charge is 0.398 e. The van der Waals surface area contributed by atoms with Gasteiger partial charge in [-0.15, -0.1) is 11.8 Å². The first-order valence-electron chi connectivity index (χ1n) is 5.94. The highest BCUT2D eigenvalue weighted by molar-refractivity contribution is 8.00. The van der Waals surface area contributed by atoms with Gasteiger partial charge in [-0.25, -0.2) is 0 Å². The molecule has 1 aromatic carbocycles. The van der Waals surface area contributed by atoms with Crippen LogP contribution in [0.15, 0.2) is 29.2 Å². The third kappa shape index (κ3) is 4.69. The Labute approximate surface area is 107 Å². The van der Waals surface area contributed by atoms with Crippen LogP contribution >= 0.6 is 11.8 Å². The lowest BCUT2D eigenvalue weighted by Crippen LogP contribution is -2.31. The van der Waals surface area contributed by atoms with Crippen molar-refractivity contribution in [2.24, 2.45) is 0 Å². The van der Waals surface area contributed by atoms with E-state index in [0.717, 1.165) is 30.0 Å². The van der Waals surface area contributed by atoms with Crippen LogP contribution in [-0.2, 0) is 4.79 Å². The first kappa shape index (κ1) is 13.9. The van der Waals surface area contributed by atoms with Crippen molar-refractivity contribution >= 4 is 23.4 Å². The summed E-state index contributed by atoms with van der Waals surface area (Å²) in [4.78, 5) is 12.7. The van der Waals surface area contributed by atoms with Gasteiger partial charge in [-0.2, -0.15) is 0 Å². The third-order valence-corrected chi connectivity index (χ3v) is 3.61. The van der Waals surface area contributed by atoms with Crippen molar-refractivity contribution in [3.8, 4) is 0 Å². The Kier molecular flexibility index (Phi) is 5.91. The number of hydrogen-bond donors (Lipinski definition) is 2. The standard InChI is InChI=1S/C13H20N2OS/c1-3-4-9-15-13(16)10(2)17-12-8-6-5-7-11(12)14/h5-8,10H,3-4,9,14H2,1-2H3,(H,15,16). The number of thioether (sulfide) groups is 1. The summed E-state index contributed by atoms with van der Waals surface area (Å²) in [5.41, 5.74) is 6.57. The number of nitrogen functional groups attached to an aromatic ring is 1. The van der Waals surface area contributed by atoms with Crippen molar-refractivity contribution < 1.29 is 4.79 Å². The highest BCUT2D eigenvalue weighted by atomic mass is 32.2. The zero-order chi connectivity index (χ0) is 12.7. The molecule has 1 amide bonds. The zero-order valence-electron chi connectivity index (χ0n) is 10.4. The van der Waals surface area contributed by atoms with E-state index in [4.69, 9.17) is 5.73 Å².